The summed E-state index contributed by atoms with van der Waals surface area (Å²) < 4.78 is 11.4. The van der Waals surface area contributed by atoms with E-state index in [0.29, 0.717) is 43.2 Å². The molecule has 2 aromatic carbocycles. The third-order valence-corrected chi connectivity index (χ3v) is 5.41. The van der Waals surface area contributed by atoms with Crippen LogP contribution in [0.5, 0.6) is 11.5 Å². The van der Waals surface area contributed by atoms with Gasteiger partial charge in [-0.2, -0.15) is 5.26 Å². The van der Waals surface area contributed by atoms with Gasteiger partial charge in [-0.1, -0.05) is 25.0 Å². The fourth-order valence-electron chi connectivity index (χ4n) is 3.77. The van der Waals surface area contributed by atoms with E-state index in [1.807, 2.05) is 42.5 Å². The molecule has 0 radical (unpaired) electrons. The molecule has 0 saturated carbocycles. The maximum Gasteiger partial charge on any atom is 0.227 e. The smallest absolute Gasteiger partial charge is 0.227 e. The number of benzene rings is 2. The summed E-state index contributed by atoms with van der Waals surface area (Å²) in [7, 11) is 1.63. The maximum absolute atomic E-state index is 12.6. The van der Waals surface area contributed by atoms with Crippen LogP contribution in [-0.2, 0) is 4.79 Å². The van der Waals surface area contributed by atoms with Gasteiger partial charge in [-0.25, -0.2) is 0 Å². The van der Waals surface area contributed by atoms with Gasteiger partial charge in [0.25, 0.3) is 0 Å². The molecule has 1 aliphatic heterocycles. The molecule has 6 nitrogen and oxygen atoms in total. The lowest BCUT2D eigenvalue weighted by Gasteiger charge is -2.18. The average molecular weight is 408 g/mol. The van der Waals surface area contributed by atoms with E-state index in [0.717, 1.165) is 36.9 Å². The number of rotatable bonds is 10. The van der Waals surface area contributed by atoms with Crippen LogP contribution in [0.15, 0.2) is 42.5 Å². The van der Waals surface area contributed by atoms with Crippen LogP contribution in [0.3, 0.4) is 0 Å². The lowest BCUT2D eigenvalue weighted by atomic mass is 9.98. The van der Waals surface area contributed by atoms with Crippen molar-refractivity contribution in [2.24, 2.45) is 0 Å². The molecule has 1 atom stereocenters. The molecule has 0 unspecified atom stereocenters. The van der Waals surface area contributed by atoms with E-state index in [2.05, 4.69) is 6.07 Å². The minimum Gasteiger partial charge on any atom is -0.493 e. The molecule has 1 saturated heterocycles. The number of carbonyl (C=O) groups is 1. The summed E-state index contributed by atoms with van der Waals surface area (Å²) >= 11 is 0. The molecule has 6 heteroatoms. The number of nitrogen functional groups attached to an aromatic ring is 1. The average Bonchev–Trinajstić information content (AvgIpc) is 3.14. The fraction of sp³-hybridized carbons (Fsp3) is 0.417. The van der Waals surface area contributed by atoms with Crippen LogP contribution in [0.1, 0.15) is 50.0 Å². The Morgan fingerprint density at radius 1 is 1.13 bits per heavy atom. The number of ether oxygens (including phenoxy) is 2. The Labute approximate surface area is 178 Å². The van der Waals surface area contributed by atoms with Crippen molar-refractivity contribution in [1.82, 2.24) is 0 Å². The van der Waals surface area contributed by atoms with Crippen LogP contribution in [-0.4, -0.2) is 26.2 Å². The Kier molecular flexibility index (Phi) is 7.56. The van der Waals surface area contributed by atoms with Gasteiger partial charge in [-0.15, -0.1) is 0 Å². The summed E-state index contributed by atoms with van der Waals surface area (Å²) in [6.45, 7) is 1.22. The Hall–Kier alpha value is -3.20. The van der Waals surface area contributed by atoms with Crippen molar-refractivity contribution in [2.75, 3.05) is 30.9 Å². The third-order valence-electron chi connectivity index (χ3n) is 5.41. The van der Waals surface area contributed by atoms with E-state index >= 15 is 0 Å². The highest BCUT2D eigenvalue weighted by Crippen LogP contribution is 2.36. The number of nitrogens with two attached hydrogens (primary N) is 1. The zero-order valence-corrected chi connectivity index (χ0v) is 17.5. The van der Waals surface area contributed by atoms with Gasteiger partial charge in [0.05, 0.1) is 19.8 Å². The van der Waals surface area contributed by atoms with Gasteiger partial charge in [-0.3, -0.25) is 4.79 Å². The van der Waals surface area contributed by atoms with E-state index in [9.17, 15) is 4.79 Å². The number of hydrogen-bond acceptors (Lipinski definition) is 5. The van der Waals surface area contributed by atoms with E-state index < -0.39 is 0 Å². The summed E-state index contributed by atoms with van der Waals surface area (Å²) in [4.78, 5) is 14.4. The van der Waals surface area contributed by atoms with Crippen molar-refractivity contribution >= 4 is 17.3 Å². The van der Waals surface area contributed by atoms with Crippen molar-refractivity contribution < 1.29 is 14.3 Å². The lowest BCUT2D eigenvalue weighted by molar-refractivity contribution is -0.117. The van der Waals surface area contributed by atoms with Crippen LogP contribution in [0, 0.1) is 11.3 Å². The first-order valence-corrected chi connectivity index (χ1v) is 10.5. The number of nitriles is 1. The molecule has 0 aliphatic carbocycles. The normalized spacial score (nSPS) is 15.8. The van der Waals surface area contributed by atoms with Gasteiger partial charge in [0.2, 0.25) is 5.91 Å². The van der Waals surface area contributed by atoms with Gasteiger partial charge in [-0.05, 0) is 48.7 Å². The molecule has 1 heterocycles. The number of carbonyl (C=O) groups excluding carboxylic acids is 1. The molecular weight excluding hydrogens is 378 g/mol. The first-order chi connectivity index (χ1) is 14.6. The van der Waals surface area contributed by atoms with E-state index in [-0.39, 0.29) is 11.8 Å². The monoisotopic (exact) mass is 407 g/mol. The van der Waals surface area contributed by atoms with Crippen LogP contribution in [0.4, 0.5) is 11.4 Å². The van der Waals surface area contributed by atoms with Crippen molar-refractivity contribution in [2.45, 2.75) is 44.4 Å². The van der Waals surface area contributed by atoms with Gasteiger partial charge in [0, 0.05) is 36.7 Å². The number of nitrogens with zero attached hydrogens (tertiary/aromatic N) is 2. The molecule has 1 aliphatic rings. The van der Waals surface area contributed by atoms with E-state index in [4.69, 9.17) is 20.5 Å². The van der Waals surface area contributed by atoms with Crippen molar-refractivity contribution in [3.63, 3.8) is 0 Å². The minimum absolute atomic E-state index is 0.0955. The minimum atomic E-state index is 0.0955. The number of methoxy groups -OCH3 is 1. The second-order valence-corrected chi connectivity index (χ2v) is 7.58. The van der Waals surface area contributed by atoms with Crippen molar-refractivity contribution in [3.8, 4) is 17.6 Å². The standard InChI is InChI=1S/C24H29N3O3/c1-29-22-11-10-18(14-23(22)30-13-6-4-2-3-5-12-25)19-15-24(28)27(17-19)21-9-7-8-20(26)16-21/h7-11,14,16,19H,2-6,13,15,17,26H2,1H3/t19-/m0/s1. The summed E-state index contributed by atoms with van der Waals surface area (Å²) in [5, 5.41) is 8.58. The first-order valence-electron chi connectivity index (χ1n) is 10.5. The molecule has 0 spiro atoms. The number of hydrogen-bond donors (Lipinski definition) is 1. The largest absolute Gasteiger partial charge is 0.493 e. The Bertz CT molecular complexity index is 907. The Morgan fingerprint density at radius 2 is 1.97 bits per heavy atom. The maximum atomic E-state index is 12.6. The highest BCUT2D eigenvalue weighted by atomic mass is 16.5. The van der Waals surface area contributed by atoms with Crippen LogP contribution >= 0.6 is 0 Å². The molecule has 2 aromatic rings. The van der Waals surface area contributed by atoms with Crippen molar-refractivity contribution in [3.05, 3.63) is 48.0 Å². The molecule has 2 N–H and O–H groups in total. The lowest BCUT2D eigenvalue weighted by Crippen LogP contribution is -2.24. The van der Waals surface area contributed by atoms with E-state index in [1.54, 1.807) is 12.0 Å². The Balaban J connectivity index is 1.63. The summed E-state index contributed by atoms with van der Waals surface area (Å²) in [6.07, 6.45) is 5.02. The van der Waals surface area contributed by atoms with Gasteiger partial charge < -0.3 is 20.1 Å². The van der Waals surface area contributed by atoms with E-state index in [1.165, 1.54) is 0 Å². The van der Waals surface area contributed by atoms with Gasteiger partial charge in [0.15, 0.2) is 11.5 Å². The molecule has 3 rings (SSSR count). The number of amides is 1. The molecule has 0 aromatic heterocycles. The number of anilines is 2. The second-order valence-electron chi connectivity index (χ2n) is 7.58. The molecule has 1 fully saturated rings. The van der Waals surface area contributed by atoms with Crippen LogP contribution in [0.25, 0.3) is 0 Å². The van der Waals surface area contributed by atoms with Crippen LogP contribution < -0.4 is 20.1 Å². The predicted octanol–water partition coefficient (Wildman–Crippen LogP) is 4.65. The highest BCUT2D eigenvalue weighted by Gasteiger charge is 2.32. The van der Waals surface area contributed by atoms with Crippen LogP contribution in [0.2, 0.25) is 0 Å². The molecule has 1 amide bonds. The second kappa shape index (κ2) is 10.5. The summed E-state index contributed by atoms with van der Waals surface area (Å²) in [5.41, 5.74) is 8.43. The molecular formula is C24H29N3O3. The topological polar surface area (TPSA) is 88.6 Å². The number of unbranched alkanes of at least 4 members (excludes halogenated alkanes) is 4. The third kappa shape index (κ3) is 5.44. The molecule has 30 heavy (non-hydrogen) atoms. The Morgan fingerprint density at radius 3 is 2.73 bits per heavy atom. The highest BCUT2D eigenvalue weighted by molar-refractivity contribution is 5.96. The summed E-state index contributed by atoms with van der Waals surface area (Å²) in [6, 6.07) is 15.5. The SMILES string of the molecule is COc1ccc([C@H]2CC(=O)N(c3cccc(N)c3)C2)cc1OCCCCCCC#N. The fourth-order valence-corrected chi connectivity index (χ4v) is 3.77. The van der Waals surface area contributed by atoms with Crippen molar-refractivity contribution in [1.29, 1.82) is 5.26 Å². The molecule has 158 valence electrons. The zero-order valence-electron chi connectivity index (χ0n) is 17.5. The first kappa shape index (κ1) is 21.5. The zero-order chi connectivity index (χ0) is 21.3. The molecule has 0 bridgehead atoms. The quantitative estimate of drug-likeness (QED) is 0.457. The van der Waals surface area contributed by atoms with Gasteiger partial charge in [0.1, 0.15) is 0 Å². The summed E-state index contributed by atoms with van der Waals surface area (Å²) in [5.74, 6) is 1.60. The van der Waals surface area contributed by atoms with Gasteiger partial charge >= 0.3 is 0 Å². The predicted molar refractivity (Wildman–Crippen MR) is 118 cm³/mol.